The van der Waals surface area contributed by atoms with Crippen LogP contribution in [0, 0.1) is 6.92 Å². The van der Waals surface area contributed by atoms with Crippen LogP contribution in [0.3, 0.4) is 0 Å². The molecule has 1 rings (SSSR count). The Morgan fingerprint density at radius 2 is 2.38 bits per heavy atom. The van der Waals surface area contributed by atoms with Gasteiger partial charge in [0.1, 0.15) is 0 Å². The van der Waals surface area contributed by atoms with Crippen LogP contribution >= 0.6 is 11.8 Å². The van der Waals surface area contributed by atoms with Crippen molar-refractivity contribution in [2.75, 3.05) is 12.8 Å². The standard InChI is InChI=1S/C11H19N3OS/c1-4-5-9(12-3)7-16-11-13-8(2)6-10(15)14-11/h6,9,12H,4-5,7H2,1-3H3,(H,13,14,15). The SMILES string of the molecule is CCCC(CSc1nc(C)cc(=O)[nH]1)NC. The number of hydrogen-bond donors (Lipinski definition) is 2. The molecule has 0 aliphatic heterocycles. The maximum Gasteiger partial charge on any atom is 0.251 e. The van der Waals surface area contributed by atoms with E-state index in [0.29, 0.717) is 11.2 Å². The minimum absolute atomic E-state index is 0.0773. The lowest BCUT2D eigenvalue weighted by Gasteiger charge is -2.13. The molecule has 0 amide bonds. The van der Waals surface area contributed by atoms with Gasteiger partial charge in [-0.15, -0.1) is 0 Å². The number of aromatic amines is 1. The van der Waals surface area contributed by atoms with E-state index in [9.17, 15) is 4.79 Å². The highest BCUT2D eigenvalue weighted by Crippen LogP contribution is 2.14. The summed E-state index contributed by atoms with van der Waals surface area (Å²) in [6, 6.07) is 1.98. The number of H-pyrrole nitrogens is 1. The molecule has 1 aromatic rings. The van der Waals surface area contributed by atoms with Crippen LogP contribution in [-0.2, 0) is 0 Å². The molecule has 1 atom stereocenters. The fraction of sp³-hybridized carbons (Fsp3) is 0.636. The maximum atomic E-state index is 11.2. The molecule has 16 heavy (non-hydrogen) atoms. The highest BCUT2D eigenvalue weighted by molar-refractivity contribution is 7.99. The van der Waals surface area contributed by atoms with Crippen molar-refractivity contribution in [3.05, 3.63) is 22.1 Å². The molecule has 5 heteroatoms. The average molecular weight is 241 g/mol. The van der Waals surface area contributed by atoms with Crippen LogP contribution in [0.25, 0.3) is 0 Å². The van der Waals surface area contributed by atoms with Gasteiger partial charge in [0.15, 0.2) is 5.16 Å². The van der Waals surface area contributed by atoms with Crippen LogP contribution in [0.4, 0.5) is 0 Å². The lowest BCUT2D eigenvalue weighted by atomic mass is 10.2. The lowest BCUT2D eigenvalue weighted by Crippen LogP contribution is -2.27. The fourth-order valence-electron chi connectivity index (χ4n) is 1.46. The van der Waals surface area contributed by atoms with E-state index in [4.69, 9.17) is 0 Å². The number of nitrogens with one attached hydrogen (secondary N) is 2. The predicted octanol–water partition coefficient (Wildman–Crippen LogP) is 1.56. The van der Waals surface area contributed by atoms with Gasteiger partial charge in [-0.3, -0.25) is 4.79 Å². The minimum Gasteiger partial charge on any atom is -0.316 e. The van der Waals surface area contributed by atoms with Crippen molar-refractivity contribution in [1.29, 1.82) is 0 Å². The van der Waals surface area contributed by atoms with Gasteiger partial charge in [-0.05, 0) is 20.4 Å². The van der Waals surface area contributed by atoms with Gasteiger partial charge in [-0.1, -0.05) is 25.1 Å². The zero-order chi connectivity index (χ0) is 12.0. The third-order valence-corrected chi connectivity index (χ3v) is 3.35. The Balaban J connectivity index is 2.56. The summed E-state index contributed by atoms with van der Waals surface area (Å²) < 4.78 is 0. The summed E-state index contributed by atoms with van der Waals surface area (Å²) in [5.74, 6) is 0.927. The van der Waals surface area contributed by atoms with Crippen molar-refractivity contribution in [3.8, 4) is 0 Å². The smallest absolute Gasteiger partial charge is 0.251 e. The average Bonchev–Trinajstić information content (AvgIpc) is 2.23. The molecule has 1 unspecified atom stereocenters. The van der Waals surface area contributed by atoms with Crippen molar-refractivity contribution in [3.63, 3.8) is 0 Å². The van der Waals surface area contributed by atoms with Crippen molar-refractivity contribution < 1.29 is 0 Å². The largest absolute Gasteiger partial charge is 0.316 e. The Bertz CT molecular complexity index is 378. The number of rotatable bonds is 6. The molecule has 1 aromatic heterocycles. The highest BCUT2D eigenvalue weighted by Gasteiger charge is 2.06. The Morgan fingerprint density at radius 3 is 2.94 bits per heavy atom. The monoisotopic (exact) mass is 241 g/mol. The molecule has 0 bridgehead atoms. The first-order chi connectivity index (χ1) is 7.65. The van der Waals surface area contributed by atoms with Gasteiger partial charge in [-0.2, -0.15) is 0 Å². The summed E-state index contributed by atoms with van der Waals surface area (Å²) in [6.45, 7) is 4.00. The van der Waals surface area contributed by atoms with Crippen LogP contribution in [0.5, 0.6) is 0 Å². The van der Waals surface area contributed by atoms with E-state index >= 15 is 0 Å². The molecular formula is C11H19N3OS. The van der Waals surface area contributed by atoms with Gasteiger partial charge in [0.2, 0.25) is 0 Å². The molecule has 1 heterocycles. The minimum atomic E-state index is -0.0773. The summed E-state index contributed by atoms with van der Waals surface area (Å²) in [4.78, 5) is 18.2. The van der Waals surface area contributed by atoms with E-state index < -0.39 is 0 Å². The maximum absolute atomic E-state index is 11.2. The third-order valence-electron chi connectivity index (χ3n) is 2.31. The zero-order valence-electron chi connectivity index (χ0n) is 10.0. The summed E-state index contributed by atoms with van der Waals surface area (Å²) in [5, 5.41) is 3.97. The van der Waals surface area contributed by atoms with Crippen molar-refractivity contribution in [1.82, 2.24) is 15.3 Å². The fourth-order valence-corrected chi connectivity index (χ4v) is 2.53. The molecule has 0 aliphatic rings. The normalized spacial score (nSPS) is 12.7. The molecular weight excluding hydrogens is 222 g/mol. The second-order valence-electron chi connectivity index (χ2n) is 3.78. The molecule has 2 N–H and O–H groups in total. The Hall–Kier alpha value is -0.810. The Morgan fingerprint density at radius 1 is 1.62 bits per heavy atom. The van der Waals surface area contributed by atoms with Crippen molar-refractivity contribution >= 4 is 11.8 Å². The van der Waals surface area contributed by atoms with Crippen LogP contribution in [0.2, 0.25) is 0 Å². The van der Waals surface area contributed by atoms with E-state index in [1.807, 2.05) is 14.0 Å². The van der Waals surface area contributed by atoms with E-state index in [2.05, 4.69) is 22.2 Å². The summed E-state index contributed by atoms with van der Waals surface area (Å²) in [7, 11) is 1.97. The van der Waals surface area contributed by atoms with Crippen molar-refractivity contribution in [2.45, 2.75) is 37.9 Å². The number of thioether (sulfide) groups is 1. The number of aromatic nitrogens is 2. The second kappa shape index (κ2) is 6.70. The first kappa shape index (κ1) is 13.3. The van der Waals surface area contributed by atoms with Gasteiger partial charge in [0.25, 0.3) is 5.56 Å². The van der Waals surface area contributed by atoms with E-state index in [-0.39, 0.29) is 5.56 Å². The first-order valence-corrected chi connectivity index (χ1v) is 6.52. The number of aryl methyl sites for hydroxylation is 1. The molecule has 0 radical (unpaired) electrons. The van der Waals surface area contributed by atoms with Crippen LogP contribution in [-0.4, -0.2) is 28.8 Å². The quantitative estimate of drug-likeness (QED) is 0.586. The highest BCUT2D eigenvalue weighted by atomic mass is 32.2. The zero-order valence-corrected chi connectivity index (χ0v) is 10.9. The first-order valence-electron chi connectivity index (χ1n) is 5.53. The van der Waals surface area contributed by atoms with Crippen LogP contribution < -0.4 is 10.9 Å². The van der Waals surface area contributed by atoms with Gasteiger partial charge < -0.3 is 10.3 Å². The van der Waals surface area contributed by atoms with E-state index in [1.54, 1.807) is 11.8 Å². The van der Waals surface area contributed by atoms with Gasteiger partial charge in [0.05, 0.1) is 0 Å². The Labute approximate surface area is 100 Å². The molecule has 0 aliphatic carbocycles. The van der Waals surface area contributed by atoms with E-state index in [0.717, 1.165) is 24.3 Å². The summed E-state index contributed by atoms with van der Waals surface area (Å²) in [6.07, 6.45) is 2.30. The lowest BCUT2D eigenvalue weighted by molar-refractivity contribution is 0.564. The van der Waals surface area contributed by atoms with Crippen LogP contribution in [0.15, 0.2) is 16.0 Å². The topological polar surface area (TPSA) is 57.8 Å². The number of hydrogen-bond acceptors (Lipinski definition) is 4. The number of nitrogens with zero attached hydrogens (tertiary/aromatic N) is 1. The summed E-state index contributed by atoms with van der Waals surface area (Å²) in [5.41, 5.74) is 0.689. The van der Waals surface area contributed by atoms with Gasteiger partial charge in [0, 0.05) is 23.6 Å². The van der Waals surface area contributed by atoms with Gasteiger partial charge in [-0.25, -0.2) is 4.98 Å². The second-order valence-corrected chi connectivity index (χ2v) is 4.79. The molecule has 0 saturated heterocycles. The predicted molar refractivity (Wildman–Crippen MR) is 68.1 cm³/mol. The molecule has 90 valence electrons. The molecule has 0 aromatic carbocycles. The van der Waals surface area contributed by atoms with Crippen LogP contribution in [0.1, 0.15) is 25.5 Å². The van der Waals surface area contributed by atoms with Crippen molar-refractivity contribution in [2.24, 2.45) is 0 Å². The van der Waals surface area contributed by atoms with Gasteiger partial charge >= 0.3 is 0 Å². The summed E-state index contributed by atoms with van der Waals surface area (Å²) >= 11 is 1.59. The molecule has 4 nitrogen and oxygen atoms in total. The molecule has 0 spiro atoms. The third kappa shape index (κ3) is 4.37. The molecule has 0 fully saturated rings. The Kier molecular flexibility index (Phi) is 5.55. The molecule has 0 saturated carbocycles. The van der Waals surface area contributed by atoms with E-state index in [1.165, 1.54) is 6.07 Å².